The Kier molecular flexibility index (Phi) is 7.91. The first-order valence-corrected chi connectivity index (χ1v) is 14.4. The van der Waals surface area contributed by atoms with Crippen LogP contribution in [0.5, 0.6) is 5.75 Å². The van der Waals surface area contributed by atoms with Crippen LogP contribution in [0.2, 0.25) is 0 Å². The van der Waals surface area contributed by atoms with Gasteiger partial charge in [-0.15, -0.1) is 23.5 Å². The molecule has 0 saturated heterocycles. The molecule has 0 spiro atoms. The molecule has 0 amide bonds. The number of rotatable bonds is 5. The summed E-state index contributed by atoms with van der Waals surface area (Å²) in [5.41, 5.74) is 11.2. The summed E-state index contributed by atoms with van der Waals surface area (Å²) in [6.07, 6.45) is 3.11. The van der Waals surface area contributed by atoms with Gasteiger partial charge in [-0.2, -0.15) is 23.8 Å². The first-order chi connectivity index (χ1) is 20.9. The molecule has 5 heteroatoms. The van der Waals surface area contributed by atoms with Gasteiger partial charge >= 0.3 is 22.4 Å². The molecule has 1 N–H and O–H groups in total. The van der Waals surface area contributed by atoms with Crippen molar-refractivity contribution in [2.75, 3.05) is 0 Å². The summed E-state index contributed by atoms with van der Waals surface area (Å²) < 4.78 is 1.92. The molecule has 0 saturated carbocycles. The van der Waals surface area contributed by atoms with Gasteiger partial charge in [0.05, 0.1) is 0 Å². The normalized spacial score (nSPS) is 11.4. The average molecular weight is 754 g/mol. The maximum Gasteiger partial charge on any atom is 3.00 e. The van der Waals surface area contributed by atoms with Crippen molar-refractivity contribution in [1.29, 1.82) is 0 Å². The van der Waals surface area contributed by atoms with E-state index in [2.05, 4.69) is 86.7 Å². The summed E-state index contributed by atoms with van der Waals surface area (Å²) in [6, 6.07) is 44.2. The Labute approximate surface area is 273 Å². The van der Waals surface area contributed by atoms with Crippen molar-refractivity contribution >= 4 is 11.0 Å². The standard InChI is InChI=1S/C39H30N3O.Au/c1-39(2,3)28-20-21-30(32(23-28)26-12-5-4-6-13-26)33-24-35(41-38(33)31-16-7-10-19-37(31)43)27-14-11-15-29(22-27)42-25-40-34-17-8-9-18-36(34)42;/h4-21,23-24,43H,1-3H3;/q-3;+3. The largest absolute Gasteiger partial charge is 3.00 e. The minimum absolute atomic E-state index is 0. The van der Waals surface area contributed by atoms with Crippen LogP contribution in [0, 0.1) is 12.4 Å². The number of nitrogens with zero attached hydrogens (tertiary/aromatic N) is 3. The van der Waals surface area contributed by atoms with Crippen LogP contribution in [0.25, 0.3) is 61.5 Å². The Hall–Kier alpha value is -4.61. The molecule has 7 aromatic rings. The number of hydrogen-bond donors (Lipinski definition) is 1. The summed E-state index contributed by atoms with van der Waals surface area (Å²) in [7, 11) is 0. The van der Waals surface area contributed by atoms with E-state index in [0.717, 1.165) is 55.9 Å². The van der Waals surface area contributed by atoms with Crippen LogP contribution in [0.4, 0.5) is 0 Å². The van der Waals surface area contributed by atoms with Crippen LogP contribution in [0.15, 0.2) is 121 Å². The number of imidazole rings is 1. The van der Waals surface area contributed by atoms with E-state index in [9.17, 15) is 5.11 Å². The van der Waals surface area contributed by atoms with Crippen LogP contribution in [0.3, 0.4) is 0 Å². The van der Waals surface area contributed by atoms with Gasteiger partial charge in [0.25, 0.3) is 0 Å². The molecule has 0 aliphatic rings. The van der Waals surface area contributed by atoms with Gasteiger partial charge in [0.1, 0.15) is 5.75 Å². The quantitative estimate of drug-likeness (QED) is 0.141. The van der Waals surface area contributed by atoms with E-state index < -0.39 is 0 Å². The zero-order valence-electron chi connectivity index (χ0n) is 24.6. The first-order valence-electron chi connectivity index (χ1n) is 14.4. The molecule has 0 unspecified atom stereocenters. The fourth-order valence-corrected chi connectivity index (χ4v) is 5.57. The van der Waals surface area contributed by atoms with Gasteiger partial charge in [0, 0.05) is 11.9 Å². The Balaban J connectivity index is 0.00000343. The van der Waals surface area contributed by atoms with Gasteiger partial charge < -0.3 is 19.6 Å². The van der Waals surface area contributed by atoms with Crippen molar-refractivity contribution in [2.24, 2.45) is 0 Å². The summed E-state index contributed by atoms with van der Waals surface area (Å²) in [6.45, 7) is 6.70. The summed E-state index contributed by atoms with van der Waals surface area (Å²) in [5, 5.41) is 11.0. The molecule has 0 bridgehead atoms. The number of para-hydroxylation sites is 3. The summed E-state index contributed by atoms with van der Waals surface area (Å²) in [5.74, 6) is 0.193. The molecule has 0 aliphatic heterocycles. The van der Waals surface area contributed by atoms with Crippen molar-refractivity contribution in [3.05, 3.63) is 139 Å². The monoisotopic (exact) mass is 753 g/mol. The number of fused-ring (bicyclic) bond motifs is 1. The molecule has 44 heavy (non-hydrogen) atoms. The second kappa shape index (κ2) is 11.8. The maximum absolute atomic E-state index is 11.0. The zero-order chi connectivity index (χ0) is 29.6. The number of aromatic nitrogens is 3. The van der Waals surface area contributed by atoms with E-state index in [0.29, 0.717) is 5.56 Å². The Bertz CT molecular complexity index is 2080. The van der Waals surface area contributed by atoms with Gasteiger partial charge in [-0.1, -0.05) is 117 Å². The molecule has 2 heterocycles. The van der Waals surface area contributed by atoms with E-state index in [1.165, 1.54) is 5.56 Å². The molecule has 5 aromatic carbocycles. The van der Waals surface area contributed by atoms with Crippen LogP contribution in [-0.4, -0.2) is 14.7 Å². The van der Waals surface area contributed by atoms with E-state index in [1.807, 2.05) is 71.3 Å². The molecule has 0 fully saturated rings. The van der Waals surface area contributed by atoms with E-state index in [1.54, 1.807) is 6.07 Å². The van der Waals surface area contributed by atoms with Crippen molar-refractivity contribution in [1.82, 2.24) is 14.5 Å². The van der Waals surface area contributed by atoms with Gasteiger partial charge in [-0.3, -0.25) is 0 Å². The van der Waals surface area contributed by atoms with Gasteiger partial charge in [0.15, 0.2) is 0 Å². The van der Waals surface area contributed by atoms with Gasteiger partial charge in [0.2, 0.25) is 0 Å². The van der Waals surface area contributed by atoms with Crippen molar-refractivity contribution in [3.63, 3.8) is 0 Å². The SMILES string of the molecule is CC(C)(C)c1ccc(-c2cc(-c3[c-]c(-n4[c-]nc5ccccc54)ccc3)[n-]c2-c2ccccc2O)c(-c2ccccc2)c1.[Au+3]. The summed E-state index contributed by atoms with van der Waals surface area (Å²) >= 11 is 0. The van der Waals surface area contributed by atoms with Crippen LogP contribution in [0.1, 0.15) is 26.3 Å². The topological polar surface area (TPSA) is 52.2 Å². The number of phenolic OH excluding ortho intramolecular Hbond substituents is 1. The minimum Gasteiger partial charge on any atom is -0.700 e. The Morgan fingerprint density at radius 1 is 0.705 bits per heavy atom. The fourth-order valence-electron chi connectivity index (χ4n) is 5.57. The van der Waals surface area contributed by atoms with Crippen LogP contribution >= 0.6 is 0 Å². The molecule has 7 rings (SSSR count). The number of aromatic hydroxyl groups is 1. The van der Waals surface area contributed by atoms with E-state index in [4.69, 9.17) is 4.98 Å². The molecule has 0 aliphatic carbocycles. The van der Waals surface area contributed by atoms with Crippen molar-refractivity contribution in [2.45, 2.75) is 26.2 Å². The second-order valence-corrected chi connectivity index (χ2v) is 11.8. The maximum atomic E-state index is 11.0. The second-order valence-electron chi connectivity index (χ2n) is 11.8. The fraction of sp³-hybridized carbons (Fsp3) is 0.103. The van der Waals surface area contributed by atoms with E-state index in [-0.39, 0.29) is 33.5 Å². The predicted molar refractivity (Wildman–Crippen MR) is 174 cm³/mol. The molecule has 0 radical (unpaired) electrons. The predicted octanol–water partition coefficient (Wildman–Crippen LogP) is 9.25. The summed E-state index contributed by atoms with van der Waals surface area (Å²) in [4.78, 5) is 9.59. The molecular formula is C39H30AuN3O. The molecule has 0 atom stereocenters. The number of hydrogen-bond acceptors (Lipinski definition) is 2. The van der Waals surface area contributed by atoms with Gasteiger partial charge in [-0.05, 0) is 44.8 Å². The third-order valence-electron chi connectivity index (χ3n) is 7.88. The molecule has 2 aromatic heterocycles. The third-order valence-corrected chi connectivity index (χ3v) is 7.88. The number of benzene rings is 5. The molecule has 218 valence electrons. The van der Waals surface area contributed by atoms with Crippen LogP contribution < -0.4 is 4.98 Å². The third kappa shape index (κ3) is 5.44. The molecule has 4 nitrogen and oxygen atoms in total. The van der Waals surface area contributed by atoms with E-state index >= 15 is 0 Å². The molecular weight excluding hydrogens is 723 g/mol. The van der Waals surface area contributed by atoms with Crippen molar-refractivity contribution in [3.8, 4) is 56.2 Å². The van der Waals surface area contributed by atoms with Crippen LogP contribution in [-0.2, 0) is 27.8 Å². The zero-order valence-corrected chi connectivity index (χ0v) is 26.8. The number of phenols is 1. The van der Waals surface area contributed by atoms with Crippen molar-refractivity contribution < 1.29 is 27.5 Å². The smallest absolute Gasteiger partial charge is 0.700 e. The van der Waals surface area contributed by atoms with Gasteiger partial charge in [-0.25, -0.2) is 5.69 Å². The average Bonchev–Trinajstić information content (AvgIpc) is 3.66. The minimum atomic E-state index is -0.0120. The Morgan fingerprint density at radius 2 is 1.45 bits per heavy atom. The Morgan fingerprint density at radius 3 is 2.25 bits per heavy atom. The first kappa shape index (κ1) is 29.5.